The van der Waals surface area contributed by atoms with Crippen molar-refractivity contribution in [3.05, 3.63) is 33.1 Å². The Morgan fingerprint density at radius 3 is 2.75 bits per heavy atom. The quantitative estimate of drug-likeness (QED) is 0.537. The second-order valence-electron chi connectivity index (χ2n) is 3.29. The Balaban J connectivity index is 2.80. The Morgan fingerprint density at radius 2 is 2.25 bits per heavy atom. The summed E-state index contributed by atoms with van der Waals surface area (Å²) in [4.78, 5) is 24.1. The van der Waals surface area contributed by atoms with Gasteiger partial charge in [0.05, 0.1) is 13.2 Å². The van der Waals surface area contributed by atoms with Gasteiger partial charge in [-0.1, -0.05) is 0 Å². The van der Waals surface area contributed by atoms with E-state index in [1.165, 1.54) is 19.4 Å². The van der Waals surface area contributed by atoms with Gasteiger partial charge in [-0.3, -0.25) is 14.3 Å². The van der Waals surface area contributed by atoms with Crippen LogP contribution < -0.4 is 11.2 Å². The highest BCUT2D eigenvalue weighted by molar-refractivity contribution is 4.84. The van der Waals surface area contributed by atoms with Gasteiger partial charge in [-0.05, 0) is 0 Å². The van der Waals surface area contributed by atoms with Gasteiger partial charge in [-0.2, -0.15) is 0 Å². The lowest BCUT2D eigenvalue weighted by Crippen LogP contribution is -2.39. The highest BCUT2D eigenvalue weighted by Gasteiger charge is 2.18. The van der Waals surface area contributed by atoms with E-state index in [0.29, 0.717) is 0 Å². The molecular weight excluding hydrogens is 216 g/mol. The molecule has 7 heteroatoms. The maximum atomic E-state index is 11.3. The van der Waals surface area contributed by atoms with Crippen molar-refractivity contribution in [3.8, 4) is 0 Å². The molecule has 7 nitrogen and oxygen atoms in total. The lowest BCUT2D eigenvalue weighted by Gasteiger charge is -2.19. The topological polar surface area (TPSA) is 105 Å². The van der Waals surface area contributed by atoms with Gasteiger partial charge >= 0.3 is 5.69 Å². The molecule has 0 aromatic carbocycles. The highest BCUT2D eigenvalue weighted by atomic mass is 16.5. The molecule has 0 aliphatic heterocycles. The average Bonchev–Trinajstić information content (AvgIpc) is 2.24. The van der Waals surface area contributed by atoms with Gasteiger partial charge in [0, 0.05) is 19.4 Å². The number of hydrogen-bond donors (Lipinski definition) is 3. The summed E-state index contributed by atoms with van der Waals surface area (Å²) in [5.41, 5.74) is -1.11. The smallest absolute Gasteiger partial charge is 0.328 e. The van der Waals surface area contributed by atoms with Crippen molar-refractivity contribution in [2.45, 2.75) is 18.8 Å². The Hall–Kier alpha value is -1.44. The van der Waals surface area contributed by atoms with Crippen molar-refractivity contribution in [1.29, 1.82) is 0 Å². The van der Waals surface area contributed by atoms with Crippen LogP contribution in [0.2, 0.25) is 0 Å². The molecule has 0 saturated heterocycles. The van der Waals surface area contributed by atoms with Gasteiger partial charge in [0.25, 0.3) is 5.56 Å². The van der Waals surface area contributed by atoms with Gasteiger partial charge < -0.3 is 14.9 Å². The number of nitrogens with zero attached hydrogens (tertiary/aromatic N) is 1. The minimum Gasteiger partial charge on any atom is -0.394 e. The molecule has 0 fully saturated rings. The molecule has 90 valence electrons. The molecule has 1 rings (SSSR count). The molecular formula is C9H14N2O5. The van der Waals surface area contributed by atoms with Gasteiger partial charge in [0.15, 0.2) is 0 Å². The Kier molecular flexibility index (Phi) is 4.41. The monoisotopic (exact) mass is 230 g/mol. The zero-order valence-electron chi connectivity index (χ0n) is 8.79. The standard InChI is InChI=1S/C9H14N2O5/c1-16-7(5-12)6(13)4-11-3-2-8(14)10-9(11)15/h2-3,6-7,12-13H,4-5H2,1H3,(H,10,14,15)/t6-,7+/m0/s1. The first-order valence-corrected chi connectivity index (χ1v) is 4.70. The van der Waals surface area contributed by atoms with E-state index >= 15 is 0 Å². The fourth-order valence-electron chi connectivity index (χ4n) is 1.26. The molecule has 0 aliphatic rings. The van der Waals surface area contributed by atoms with Crippen LogP contribution in [-0.2, 0) is 11.3 Å². The molecule has 0 bridgehead atoms. The summed E-state index contributed by atoms with van der Waals surface area (Å²) in [6, 6.07) is 1.18. The average molecular weight is 230 g/mol. The fourth-order valence-corrected chi connectivity index (χ4v) is 1.26. The van der Waals surface area contributed by atoms with Crippen molar-refractivity contribution < 1.29 is 14.9 Å². The molecule has 1 aromatic rings. The first-order valence-electron chi connectivity index (χ1n) is 4.70. The number of aromatic nitrogens is 2. The third-order valence-electron chi connectivity index (χ3n) is 2.19. The molecule has 1 heterocycles. The van der Waals surface area contributed by atoms with Crippen LogP contribution in [0.5, 0.6) is 0 Å². The van der Waals surface area contributed by atoms with E-state index < -0.39 is 23.5 Å². The summed E-state index contributed by atoms with van der Waals surface area (Å²) < 4.78 is 5.94. The van der Waals surface area contributed by atoms with Crippen LogP contribution in [0.25, 0.3) is 0 Å². The number of ether oxygens (including phenoxy) is 1. The highest BCUT2D eigenvalue weighted by Crippen LogP contribution is 1.99. The zero-order chi connectivity index (χ0) is 12.1. The van der Waals surface area contributed by atoms with Gasteiger partial charge in [0.2, 0.25) is 0 Å². The van der Waals surface area contributed by atoms with Crippen LogP contribution in [0.1, 0.15) is 0 Å². The second-order valence-corrected chi connectivity index (χ2v) is 3.29. The summed E-state index contributed by atoms with van der Waals surface area (Å²) in [7, 11) is 1.35. The SMILES string of the molecule is CO[C@H](CO)[C@@H](O)Cn1ccc(=O)[nH]c1=O. The first kappa shape index (κ1) is 12.6. The van der Waals surface area contributed by atoms with E-state index in [1.807, 2.05) is 0 Å². The second kappa shape index (κ2) is 5.59. The number of rotatable bonds is 5. The van der Waals surface area contributed by atoms with Gasteiger partial charge in [-0.25, -0.2) is 4.79 Å². The summed E-state index contributed by atoms with van der Waals surface area (Å²) in [5.74, 6) is 0. The van der Waals surface area contributed by atoms with Gasteiger partial charge in [0.1, 0.15) is 12.2 Å². The number of hydrogen-bond acceptors (Lipinski definition) is 5. The third kappa shape index (κ3) is 3.02. The molecule has 16 heavy (non-hydrogen) atoms. The summed E-state index contributed by atoms with van der Waals surface area (Å²) in [5, 5.41) is 18.5. The van der Waals surface area contributed by atoms with E-state index in [-0.39, 0.29) is 13.2 Å². The lowest BCUT2D eigenvalue weighted by atomic mass is 10.2. The summed E-state index contributed by atoms with van der Waals surface area (Å²) in [6.07, 6.45) is -0.522. The van der Waals surface area contributed by atoms with Crippen molar-refractivity contribution in [2.75, 3.05) is 13.7 Å². The molecule has 2 atom stereocenters. The Bertz CT molecular complexity index is 434. The van der Waals surface area contributed by atoms with Crippen LogP contribution in [0.15, 0.2) is 21.9 Å². The van der Waals surface area contributed by atoms with Crippen LogP contribution in [0.3, 0.4) is 0 Å². The fraction of sp³-hybridized carbons (Fsp3) is 0.556. The predicted octanol–water partition coefficient (Wildman–Crippen LogP) is -2.10. The normalized spacial score (nSPS) is 14.7. The van der Waals surface area contributed by atoms with E-state index in [9.17, 15) is 14.7 Å². The maximum Gasteiger partial charge on any atom is 0.328 e. The van der Waals surface area contributed by atoms with E-state index in [0.717, 1.165) is 4.57 Å². The first-order chi connectivity index (χ1) is 7.58. The Labute approximate surface area is 90.9 Å². The molecule has 0 spiro atoms. The number of methoxy groups -OCH3 is 1. The van der Waals surface area contributed by atoms with Gasteiger partial charge in [-0.15, -0.1) is 0 Å². The van der Waals surface area contributed by atoms with Crippen LogP contribution >= 0.6 is 0 Å². The van der Waals surface area contributed by atoms with Crippen LogP contribution in [-0.4, -0.2) is 45.7 Å². The number of nitrogens with one attached hydrogen (secondary N) is 1. The Morgan fingerprint density at radius 1 is 1.56 bits per heavy atom. The number of H-pyrrole nitrogens is 1. The minimum absolute atomic E-state index is 0.0608. The van der Waals surface area contributed by atoms with Crippen molar-refractivity contribution >= 4 is 0 Å². The number of aliphatic hydroxyl groups excluding tert-OH is 2. The van der Waals surface area contributed by atoms with E-state index in [4.69, 9.17) is 9.84 Å². The molecule has 0 radical (unpaired) electrons. The van der Waals surface area contributed by atoms with Crippen molar-refractivity contribution in [3.63, 3.8) is 0 Å². The molecule has 0 unspecified atom stereocenters. The molecule has 0 saturated carbocycles. The number of aliphatic hydroxyl groups is 2. The number of aromatic amines is 1. The summed E-state index contributed by atoms with van der Waals surface area (Å²) in [6.45, 7) is -0.412. The van der Waals surface area contributed by atoms with E-state index in [2.05, 4.69) is 4.98 Å². The van der Waals surface area contributed by atoms with Crippen LogP contribution in [0.4, 0.5) is 0 Å². The third-order valence-corrected chi connectivity index (χ3v) is 2.19. The largest absolute Gasteiger partial charge is 0.394 e. The molecule has 0 aliphatic carbocycles. The van der Waals surface area contributed by atoms with Crippen molar-refractivity contribution in [1.82, 2.24) is 9.55 Å². The zero-order valence-corrected chi connectivity index (χ0v) is 8.79. The molecule has 0 amide bonds. The van der Waals surface area contributed by atoms with Crippen molar-refractivity contribution in [2.24, 2.45) is 0 Å². The molecule has 3 N–H and O–H groups in total. The maximum absolute atomic E-state index is 11.3. The minimum atomic E-state index is -1.03. The predicted molar refractivity (Wildman–Crippen MR) is 55.2 cm³/mol. The van der Waals surface area contributed by atoms with Crippen LogP contribution in [0, 0.1) is 0 Å². The lowest BCUT2D eigenvalue weighted by molar-refractivity contribution is -0.0475. The van der Waals surface area contributed by atoms with E-state index in [1.54, 1.807) is 0 Å². The summed E-state index contributed by atoms with van der Waals surface area (Å²) >= 11 is 0. The molecule has 1 aromatic heterocycles.